The Balaban J connectivity index is 2.19. The van der Waals surface area contributed by atoms with Gasteiger partial charge in [0.15, 0.2) is 0 Å². The maximum atomic E-state index is 9.39. The standard InChI is InChI=1S/C15H16BClO4/c1-10-7-13(4-6-15(10)17)21-9-11-8-12(20-2)3-5-14(11)16(18)19/h3-8,18-19H,9H2,1-2H3. The number of aryl methyl sites for hydroxylation is 1. The smallest absolute Gasteiger partial charge is 0.488 e. The summed E-state index contributed by atoms with van der Waals surface area (Å²) in [5.74, 6) is 1.29. The molecule has 0 fully saturated rings. The molecule has 0 saturated heterocycles. The third-order valence-corrected chi connectivity index (χ3v) is 3.58. The fourth-order valence-electron chi connectivity index (χ4n) is 1.95. The van der Waals surface area contributed by atoms with Crippen molar-refractivity contribution in [1.29, 1.82) is 0 Å². The average molecular weight is 307 g/mol. The van der Waals surface area contributed by atoms with E-state index in [1.165, 1.54) is 0 Å². The van der Waals surface area contributed by atoms with Crippen molar-refractivity contribution in [2.24, 2.45) is 0 Å². The van der Waals surface area contributed by atoms with E-state index >= 15 is 0 Å². The minimum Gasteiger partial charge on any atom is -0.497 e. The lowest BCUT2D eigenvalue weighted by atomic mass is 9.77. The number of hydrogen-bond donors (Lipinski definition) is 2. The molecule has 2 aromatic rings. The summed E-state index contributed by atoms with van der Waals surface area (Å²) < 4.78 is 10.8. The second-order valence-corrected chi connectivity index (χ2v) is 5.05. The van der Waals surface area contributed by atoms with E-state index in [0.717, 1.165) is 5.56 Å². The van der Waals surface area contributed by atoms with Gasteiger partial charge >= 0.3 is 7.12 Å². The summed E-state index contributed by atoms with van der Waals surface area (Å²) in [5, 5.41) is 19.5. The molecule has 2 rings (SSSR count). The van der Waals surface area contributed by atoms with Gasteiger partial charge in [-0.3, -0.25) is 0 Å². The highest BCUT2D eigenvalue weighted by Crippen LogP contribution is 2.22. The van der Waals surface area contributed by atoms with Crippen LogP contribution in [0.15, 0.2) is 36.4 Å². The summed E-state index contributed by atoms with van der Waals surface area (Å²) in [6.07, 6.45) is 0. The average Bonchev–Trinajstić information content (AvgIpc) is 2.48. The summed E-state index contributed by atoms with van der Waals surface area (Å²) in [6, 6.07) is 10.4. The Bertz CT molecular complexity index is 631. The Morgan fingerprint density at radius 3 is 2.43 bits per heavy atom. The fraction of sp³-hybridized carbons (Fsp3) is 0.200. The molecular weight excluding hydrogens is 290 g/mol. The lowest BCUT2D eigenvalue weighted by Gasteiger charge is -2.13. The van der Waals surface area contributed by atoms with Crippen LogP contribution in [0.3, 0.4) is 0 Å². The van der Waals surface area contributed by atoms with Gasteiger partial charge in [0.25, 0.3) is 0 Å². The minimum absolute atomic E-state index is 0.200. The van der Waals surface area contributed by atoms with Crippen LogP contribution in [0.5, 0.6) is 11.5 Å². The Morgan fingerprint density at radius 2 is 1.81 bits per heavy atom. The van der Waals surface area contributed by atoms with E-state index in [0.29, 0.717) is 27.5 Å². The van der Waals surface area contributed by atoms with E-state index in [2.05, 4.69) is 0 Å². The van der Waals surface area contributed by atoms with Crippen LogP contribution in [-0.4, -0.2) is 24.3 Å². The molecule has 0 aliphatic carbocycles. The van der Waals surface area contributed by atoms with E-state index in [9.17, 15) is 10.0 Å². The van der Waals surface area contributed by atoms with Crippen molar-refractivity contribution in [2.75, 3.05) is 7.11 Å². The molecule has 0 bridgehead atoms. The first kappa shape index (κ1) is 15.7. The first-order valence-corrected chi connectivity index (χ1v) is 6.81. The molecule has 0 saturated carbocycles. The highest BCUT2D eigenvalue weighted by molar-refractivity contribution is 6.59. The second kappa shape index (κ2) is 6.85. The molecule has 0 aliphatic rings. The maximum Gasteiger partial charge on any atom is 0.488 e. The van der Waals surface area contributed by atoms with Crippen LogP contribution in [-0.2, 0) is 6.61 Å². The van der Waals surface area contributed by atoms with Crippen molar-refractivity contribution >= 4 is 24.2 Å². The van der Waals surface area contributed by atoms with Crippen molar-refractivity contribution in [3.8, 4) is 11.5 Å². The van der Waals surface area contributed by atoms with Gasteiger partial charge in [-0.2, -0.15) is 0 Å². The molecule has 0 radical (unpaired) electrons. The first-order valence-electron chi connectivity index (χ1n) is 6.43. The Kier molecular flexibility index (Phi) is 5.12. The predicted molar refractivity (Wildman–Crippen MR) is 83.3 cm³/mol. The molecule has 110 valence electrons. The normalized spacial score (nSPS) is 10.3. The molecule has 4 nitrogen and oxygen atoms in total. The summed E-state index contributed by atoms with van der Waals surface area (Å²) in [4.78, 5) is 0. The lowest BCUT2D eigenvalue weighted by Crippen LogP contribution is -2.33. The van der Waals surface area contributed by atoms with Gasteiger partial charge in [-0.1, -0.05) is 17.7 Å². The lowest BCUT2D eigenvalue weighted by molar-refractivity contribution is 0.305. The van der Waals surface area contributed by atoms with Gasteiger partial charge in [0, 0.05) is 5.02 Å². The Hall–Kier alpha value is -1.69. The van der Waals surface area contributed by atoms with E-state index < -0.39 is 7.12 Å². The van der Waals surface area contributed by atoms with Crippen LogP contribution in [0.1, 0.15) is 11.1 Å². The topological polar surface area (TPSA) is 58.9 Å². The van der Waals surface area contributed by atoms with E-state index in [-0.39, 0.29) is 6.61 Å². The number of hydrogen-bond acceptors (Lipinski definition) is 4. The summed E-state index contributed by atoms with van der Waals surface area (Å²) in [5.41, 5.74) is 1.96. The minimum atomic E-state index is -1.55. The molecule has 2 N–H and O–H groups in total. The Morgan fingerprint density at radius 1 is 1.10 bits per heavy atom. The third-order valence-electron chi connectivity index (χ3n) is 3.15. The zero-order valence-electron chi connectivity index (χ0n) is 11.8. The molecule has 0 aliphatic heterocycles. The number of halogens is 1. The molecule has 0 unspecified atom stereocenters. The third kappa shape index (κ3) is 3.91. The largest absolute Gasteiger partial charge is 0.497 e. The van der Waals surface area contributed by atoms with E-state index in [1.54, 1.807) is 37.4 Å². The molecule has 0 atom stereocenters. The molecule has 2 aromatic carbocycles. The summed E-state index contributed by atoms with van der Waals surface area (Å²) >= 11 is 5.97. The highest BCUT2D eigenvalue weighted by atomic mass is 35.5. The molecule has 0 spiro atoms. The monoisotopic (exact) mass is 306 g/mol. The number of rotatable bonds is 5. The second-order valence-electron chi connectivity index (χ2n) is 4.64. The van der Waals surface area contributed by atoms with Gasteiger partial charge in [-0.15, -0.1) is 0 Å². The first-order chi connectivity index (χ1) is 10.0. The maximum absolute atomic E-state index is 9.39. The van der Waals surface area contributed by atoms with Crippen molar-refractivity contribution in [3.05, 3.63) is 52.5 Å². The molecule has 6 heteroatoms. The molecule has 0 amide bonds. The van der Waals surface area contributed by atoms with Gasteiger partial charge < -0.3 is 19.5 Å². The predicted octanol–water partition coefficient (Wildman–Crippen LogP) is 1.92. The summed E-state index contributed by atoms with van der Waals surface area (Å²) in [6.45, 7) is 2.09. The van der Waals surface area contributed by atoms with Gasteiger partial charge in [-0.05, 0) is 53.8 Å². The highest BCUT2D eigenvalue weighted by Gasteiger charge is 2.17. The zero-order valence-corrected chi connectivity index (χ0v) is 12.6. The zero-order chi connectivity index (χ0) is 15.4. The number of methoxy groups -OCH3 is 1. The SMILES string of the molecule is COc1ccc(B(O)O)c(COc2ccc(Cl)c(C)c2)c1. The van der Waals surface area contributed by atoms with Crippen molar-refractivity contribution < 1.29 is 19.5 Å². The molecule has 0 heterocycles. The van der Waals surface area contributed by atoms with E-state index in [1.807, 2.05) is 13.0 Å². The van der Waals surface area contributed by atoms with Gasteiger partial charge in [-0.25, -0.2) is 0 Å². The van der Waals surface area contributed by atoms with Gasteiger partial charge in [0.2, 0.25) is 0 Å². The van der Waals surface area contributed by atoms with Crippen LogP contribution < -0.4 is 14.9 Å². The summed E-state index contributed by atoms with van der Waals surface area (Å²) in [7, 11) is -0.00106. The van der Waals surface area contributed by atoms with Gasteiger partial charge in [0.05, 0.1) is 7.11 Å². The van der Waals surface area contributed by atoms with Crippen molar-refractivity contribution in [2.45, 2.75) is 13.5 Å². The molecular formula is C15H16BClO4. The Labute approximate surface area is 129 Å². The van der Waals surface area contributed by atoms with Crippen LogP contribution in [0.2, 0.25) is 5.02 Å². The van der Waals surface area contributed by atoms with Crippen LogP contribution in [0.25, 0.3) is 0 Å². The fourth-order valence-corrected chi connectivity index (χ4v) is 2.07. The van der Waals surface area contributed by atoms with Crippen molar-refractivity contribution in [3.63, 3.8) is 0 Å². The van der Waals surface area contributed by atoms with Crippen LogP contribution in [0, 0.1) is 6.92 Å². The number of benzene rings is 2. The molecule has 21 heavy (non-hydrogen) atoms. The van der Waals surface area contributed by atoms with Crippen molar-refractivity contribution in [1.82, 2.24) is 0 Å². The van der Waals surface area contributed by atoms with Crippen LogP contribution >= 0.6 is 11.6 Å². The van der Waals surface area contributed by atoms with E-state index in [4.69, 9.17) is 21.1 Å². The number of ether oxygens (including phenoxy) is 2. The van der Waals surface area contributed by atoms with Gasteiger partial charge in [0.1, 0.15) is 18.1 Å². The quantitative estimate of drug-likeness (QED) is 0.829. The van der Waals surface area contributed by atoms with Crippen LogP contribution in [0.4, 0.5) is 0 Å². The molecule has 0 aromatic heterocycles.